The van der Waals surface area contributed by atoms with Gasteiger partial charge in [0.15, 0.2) is 0 Å². The lowest BCUT2D eigenvalue weighted by Crippen LogP contribution is -2.41. The summed E-state index contributed by atoms with van der Waals surface area (Å²) in [5.74, 6) is -0.780. The first-order chi connectivity index (χ1) is 8.90. The summed E-state index contributed by atoms with van der Waals surface area (Å²) in [5, 5.41) is 9.31. The Hall–Kier alpha value is -1.06. The van der Waals surface area contributed by atoms with Gasteiger partial charge in [0, 0.05) is 13.1 Å². The molecule has 1 aliphatic carbocycles. The smallest absolute Gasteiger partial charge is 0.307 e. The molecule has 0 heterocycles. The maximum atomic E-state index is 12.6. The molecule has 4 nitrogen and oxygen atoms in total. The monoisotopic (exact) mass is 269 g/mol. The number of rotatable bonds is 6. The van der Waals surface area contributed by atoms with E-state index in [2.05, 4.69) is 20.8 Å². The molecule has 0 aromatic carbocycles. The molecule has 3 atom stereocenters. The summed E-state index contributed by atoms with van der Waals surface area (Å²) in [6, 6.07) is 0. The van der Waals surface area contributed by atoms with Crippen molar-refractivity contribution >= 4 is 11.9 Å². The molecular formula is C15H27NO3. The molecule has 1 saturated carbocycles. The molecule has 1 amide bonds. The van der Waals surface area contributed by atoms with Gasteiger partial charge in [0.1, 0.15) is 0 Å². The molecular weight excluding hydrogens is 242 g/mol. The molecule has 0 aromatic rings. The first kappa shape index (κ1) is 16.0. The van der Waals surface area contributed by atoms with Crippen molar-refractivity contribution in [1.29, 1.82) is 0 Å². The Bertz CT molecular complexity index is 327. The molecule has 0 aromatic heterocycles. The van der Waals surface area contributed by atoms with Gasteiger partial charge in [0.05, 0.1) is 11.8 Å². The highest BCUT2D eigenvalue weighted by Gasteiger charge is 2.43. The highest BCUT2D eigenvalue weighted by molar-refractivity contribution is 5.85. The van der Waals surface area contributed by atoms with E-state index in [4.69, 9.17) is 0 Å². The molecule has 0 bridgehead atoms. The molecule has 1 aliphatic rings. The van der Waals surface area contributed by atoms with Crippen LogP contribution in [0.5, 0.6) is 0 Å². The van der Waals surface area contributed by atoms with Gasteiger partial charge in [-0.1, -0.05) is 27.2 Å². The fraction of sp³-hybridized carbons (Fsp3) is 0.867. The third-order valence-corrected chi connectivity index (χ3v) is 4.15. The Balaban J connectivity index is 2.80. The van der Waals surface area contributed by atoms with E-state index in [0.29, 0.717) is 24.8 Å². The van der Waals surface area contributed by atoms with Crippen LogP contribution in [0.15, 0.2) is 0 Å². The van der Waals surface area contributed by atoms with Crippen molar-refractivity contribution in [3.05, 3.63) is 0 Å². The summed E-state index contributed by atoms with van der Waals surface area (Å²) in [4.78, 5) is 25.7. The molecule has 19 heavy (non-hydrogen) atoms. The van der Waals surface area contributed by atoms with E-state index in [0.717, 1.165) is 19.4 Å². The van der Waals surface area contributed by atoms with Crippen LogP contribution >= 0.6 is 0 Å². The SMILES string of the molecule is CCC1CC(C(=O)O)C(C(=O)N(CC)CC(C)C)C1. The normalized spacial score (nSPS) is 26.7. The minimum absolute atomic E-state index is 0.0413. The topological polar surface area (TPSA) is 57.6 Å². The number of aliphatic carboxylic acids is 1. The lowest BCUT2D eigenvalue weighted by Gasteiger charge is -2.27. The van der Waals surface area contributed by atoms with Crippen molar-refractivity contribution in [3.63, 3.8) is 0 Å². The third kappa shape index (κ3) is 3.95. The maximum absolute atomic E-state index is 12.6. The van der Waals surface area contributed by atoms with Crippen molar-refractivity contribution in [1.82, 2.24) is 4.90 Å². The van der Waals surface area contributed by atoms with E-state index in [1.165, 1.54) is 0 Å². The van der Waals surface area contributed by atoms with E-state index in [-0.39, 0.29) is 11.8 Å². The number of hydrogen-bond acceptors (Lipinski definition) is 2. The van der Waals surface area contributed by atoms with Crippen molar-refractivity contribution in [3.8, 4) is 0 Å². The third-order valence-electron chi connectivity index (χ3n) is 4.15. The minimum atomic E-state index is -0.810. The Morgan fingerprint density at radius 2 is 1.79 bits per heavy atom. The lowest BCUT2D eigenvalue weighted by molar-refractivity contribution is -0.149. The fourth-order valence-electron chi connectivity index (χ4n) is 3.07. The summed E-state index contributed by atoms with van der Waals surface area (Å²) in [7, 11) is 0. The number of nitrogens with zero attached hydrogens (tertiary/aromatic N) is 1. The Morgan fingerprint density at radius 3 is 2.21 bits per heavy atom. The maximum Gasteiger partial charge on any atom is 0.307 e. The molecule has 3 unspecified atom stereocenters. The van der Waals surface area contributed by atoms with Crippen LogP contribution in [0.4, 0.5) is 0 Å². The van der Waals surface area contributed by atoms with Crippen LogP contribution in [0.25, 0.3) is 0 Å². The summed E-state index contributed by atoms with van der Waals surface area (Å²) in [5.41, 5.74) is 0. The first-order valence-electron chi connectivity index (χ1n) is 7.42. The second-order valence-corrected chi connectivity index (χ2v) is 6.07. The van der Waals surface area contributed by atoms with Crippen molar-refractivity contribution in [2.75, 3.05) is 13.1 Å². The molecule has 1 rings (SSSR count). The van der Waals surface area contributed by atoms with E-state index in [1.807, 2.05) is 11.8 Å². The predicted molar refractivity (Wildman–Crippen MR) is 74.7 cm³/mol. The summed E-state index contributed by atoms with van der Waals surface area (Å²) in [6.45, 7) is 9.57. The first-order valence-corrected chi connectivity index (χ1v) is 7.42. The van der Waals surface area contributed by atoms with E-state index < -0.39 is 11.9 Å². The van der Waals surface area contributed by atoms with Crippen LogP contribution in [0.1, 0.15) is 47.0 Å². The minimum Gasteiger partial charge on any atom is -0.481 e. The van der Waals surface area contributed by atoms with Gasteiger partial charge in [-0.3, -0.25) is 9.59 Å². The number of amides is 1. The van der Waals surface area contributed by atoms with Crippen LogP contribution < -0.4 is 0 Å². The Morgan fingerprint density at radius 1 is 1.21 bits per heavy atom. The summed E-state index contributed by atoms with van der Waals surface area (Å²) in [6.07, 6.45) is 2.35. The van der Waals surface area contributed by atoms with Gasteiger partial charge in [-0.2, -0.15) is 0 Å². The molecule has 1 fully saturated rings. The summed E-state index contributed by atoms with van der Waals surface area (Å²) < 4.78 is 0. The van der Waals surface area contributed by atoms with Crippen molar-refractivity contribution < 1.29 is 14.7 Å². The molecule has 0 saturated heterocycles. The van der Waals surface area contributed by atoms with Gasteiger partial charge in [-0.25, -0.2) is 0 Å². The molecule has 110 valence electrons. The second kappa shape index (κ2) is 6.92. The number of carbonyl (C=O) groups excluding carboxylic acids is 1. The summed E-state index contributed by atoms with van der Waals surface area (Å²) >= 11 is 0. The number of carbonyl (C=O) groups is 2. The van der Waals surface area contributed by atoms with Crippen LogP contribution in [0.3, 0.4) is 0 Å². The average Bonchev–Trinajstić information content (AvgIpc) is 2.79. The Kier molecular flexibility index (Phi) is 5.83. The van der Waals surface area contributed by atoms with Gasteiger partial charge in [0.2, 0.25) is 5.91 Å². The molecule has 0 radical (unpaired) electrons. The van der Waals surface area contributed by atoms with Gasteiger partial charge >= 0.3 is 5.97 Å². The zero-order valence-corrected chi connectivity index (χ0v) is 12.6. The Labute approximate surface area is 116 Å². The number of carboxylic acid groups (broad SMARTS) is 1. The number of carboxylic acids is 1. The largest absolute Gasteiger partial charge is 0.481 e. The van der Waals surface area contributed by atoms with E-state index in [1.54, 1.807) is 0 Å². The molecule has 1 N–H and O–H groups in total. The van der Waals surface area contributed by atoms with Crippen molar-refractivity contribution in [2.24, 2.45) is 23.7 Å². The van der Waals surface area contributed by atoms with Crippen molar-refractivity contribution in [2.45, 2.75) is 47.0 Å². The highest BCUT2D eigenvalue weighted by atomic mass is 16.4. The standard InChI is InChI=1S/C15H27NO3/c1-5-11-7-12(13(8-11)15(18)19)14(17)16(6-2)9-10(3)4/h10-13H,5-9H2,1-4H3,(H,18,19). The van der Waals surface area contributed by atoms with Gasteiger partial charge in [-0.05, 0) is 31.6 Å². The van der Waals surface area contributed by atoms with E-state index >= 15 is 0 Å². The quantitative estimate of drug-likeness (QED) is 0.806. The van der Waals surface area contributed by atoms with Gasteiger partial charge in [-0.15, -0.1) is 0 Å². The molecule has 4 heteroatoms. The lowest BCUT2D eigenvalue weighted by atomic mass is 9.94. The van der Waals surface area contributed by atoms with Crippen LogP contribution in [-0.4, -0.2) is 35.0 Å². The highest BCUT2D eigenvalue weighted by Crippen LogP contribution is 2.39. The van der Waals surface area contributed by atoms with Crippen LogP contribution in [0.2, 0.25) is 0 Å². The predicted octanol–water partition coefficient (Wildman–Crippen LogP) is 2.63. The average molecular weight is 269 g/mol. The van der Waals surface area contributed by atoms with Crippen LogP contribution in [0, 0.1) is 23.7 Å². The second-order valence-electron chi connectivity index (χ2n) is 6.07. The van der Waals surface area contributed by atoms with Gasteiger partial charge in [0.25, 0.3) is 0 Å². The molecule has 0 spiro atoms. The number of hydrogen-bond donors (Lipinski definition) is 1. The van der Waals surface area contributed by atoms with E-state index in [9.17, 15) is 14.7 Å². The zero-order valence-electron chi connectivity index (χ0n) is 12.6. The van der Waals surface area contributed by atoms with Crippen LogP contribution in [-0.2, 0) is 9.59 Å². The molecule has 0 aliphatic heterocycles. The fourth-order valence-corrected chi connectivity index (χ4v) is 3.07. The van der Waals surface area contributed by atoms with Gasteiger partial charge < -0.3 is 10.0 Å². The zero-order chi connectivity index (χ0) is 14.6.